The Hall–Kier alpha value is -2.18. The van der Waals surface area contributed by atoms with E-state index in [0.29, 0.717) is 19.4 Å². The van der Waals surface area contributed by atoms with Gasteiger partial charge >= 0.3 is 17.8 Å². The van der Waals surface area contributed by atoms with Gasteiger partial charge in [0.15, 0.2) is 0 Å². The van der Waals surface area contributed by atoms with Crippen molar-refractivity contribution in [1.29, 1.82) is 0 Å². The van der Waals surface area contributed by atoms with Crippen LogP contribution in [0.15, 0.2) is 11.6 Å². The average Bonchev–Trinajstić information content (AvgIpc) is 2.55. The van der Waals surface area contributed by atoms with Gasteiger partial charge in [0.05, 0.1) is 0 Å². The molecule has 120 valence electrons. The first-order valence-electron chi connectivity index (χ1n) is 7.64. The molecule has 0 saturated carbocycles. The molecule has 1 aliphatic carbocycles. The van der Waals surface area contributed by atoms with Crippen molar-refractivity contribution in [1.82, 2.24) is 15.1 Å². The molecule has 1 N–H and O–H groups in total. The van der Waals surface area contributed by atoms with Crippen molar-refractivity contribution < 1.29 is 19.2 Å². The van der Waals surface area contributed by atoms with Crippen LogP contribution in [-0.4, -0.2) is 59.6 Å². The molecule has 0 radical (unpaired) electrons. The lowest BCUT2D eigenvalue weighted by Crippen LogP contribution is -2.59. The van der Waals surface area contributed by atoms with E-state index in [1.165, 1.54) is 4.90 Å². The number of imide groups is 1. The Morgan fingerprint density at radius 3 is 2.68 bits per heavy atom. The van der Waals surface area contributed by atoms with Gasteiger partial charge in [0, 0.05) is 19.6 Å². The molecule has 1 unspecified atom stereocenters. The summed E-state index contributed by atoms with van der Waals surface area (Å²) in [7, 11) is 0. The first kappa shape index (κ1) is 16.2. The number of amides is 4. The summed E-state index contributed by atoms with van der Waals surface area (Å²) in [5.74, 6) is -1.52. The highest BCUT2D eigenvalue weighted by atomic mass is 16.2. The summed E-state index contributed by atoms with van der Waals surface area (Å²) in [4.78, 5) is 49.5. The number of nitrogens with one attached hydrogen (secondary N) is 1. The Morgan fingerprint density at radius 1 is 1.32 bits per heavy atom. The predicted octanol–water partition coefficient (Wildman–Crippen LogP) is 0.455. The summed E-state index contributed by atoms with van der Waals surface area (Å²) in [6, 6.07) is -1.41. The van der Waals surface area contributed by atoms with Gasteiger partial charge < -0.3 is 15.0 Å². The number of hydrogen-bond donors (Lipinski definition) is 1. The predicted molar refractivity (Wildman–Crippen MR) is 78.9 cm³/mol. The first-order chi connectivity index (χ1) is 10.6. The van der Waals surface area contributed by atoms with E-state index in [1.54, 1.807) is 6.92 Å². The largest absolute Gasteiger partial charge is 0.333 e. The van der Waals surface area contributed by atoms with E-state index in [0.717, 1.165) is 36.2 Å². The summed E-state index contributed by atoms with van der Waals surface area (Å²) in [6.07, 6.45) is 6.35. The fraction of sp³-hybridized carbons (Fsp3) is 0.600. The standard InChI is InChI=1S/C15H21N3O4/c1-2-17-8-9-18(14(21)13(17)20)15(22)16-12(10-19)11-6-4-3-5-7-11/h6,10,12H,2-5,7-9H2,1H3,(H,16,22). The molecule has 0 spiro atoms. The maximum atomic E-state index is 12.2. The average molecular weight is 307 g/mol. The van der Waals surface area contributed by atoms with Crippen LogP contribution in [0.25, 0.3) is 0 Å². The van der Waals surface area contributed by atoms with Gasteiger partial charge in [-0.15, -0.1) is 0 Å². The highest BCUT2D eigenvalue weighted by Crippen LogP contribution is 2.19. The second-order valence-corrected chi connectivity index (χ2v) is 5.43. The first-order valence-corrected chi connectivity index (χ1v) is 7.64. The number of hydrogen-bond acceptors (Lipinski definition) is 4. The van der Waals surface area contributed by atoms with Crippen molar-refractivity contribution in [3.63, 3.8) is 0 Å². The minimum absolute atomic E-state index is 0.148. The number of aldehydes is 1. The maximum absolute atomic E-state index is 12.2. The van der Waals surface area contributed by atoms with Crippen LogP contribution >= 0.6 is 0 Å². The van der Waals surface area contributed by atoms with Gasteiger partial charge in [-0.2, -0.15) is 0 Å². The van der Waals surface area contributed by atoms with E-state index in [2.05, 4.69) is 5.32 Å². The van der Waals surface area contributed by atoms with Crippen LogP contribution in [0.5, 0.6) is 0 Å². The summed E-state index contributed by atoms with van der Waals surface area (Å²) in [5.41, 5.74) is 0.876. The van der Waals surface area contributed by atoms with E-state index in [-0.39, 0.29) is 6.54 Å². The van der Waals surface area contributed by atoms with E-state index in [4.69, 9.17) is 0 Å². The molecular formula is C15H21N3O4. The Bertz CT molecular complexity index is 515. The molecule has 0 aromatic carbocycles. The van der Waals surface area contributed by atoms with Gasteiger partial charge in [-0.25, -0.2) is 4.79 Å². The van der Waals surface area contributed by atoms with Crippen LogP contribution in [-0.2, 0) is 14.4 Å². The van der Waals surface area contributed by atoms with Crippen LogP contribution < -0.4 is 5.32 Å². The summed E-state index contributed by atoms with van der Waals surface area (Å²) in [6.45, 7) is 2.68. The van der Waals surface area contributed by atoms with Crippen molar-refractivity contribution in [2.45, 2.75) is 38.6 Å². The second-order valence-electron chi connectivity index (χ2n) is 5.43. The summed E-state index contributed by atoms with van der Waals surface area (Å²) < 4.78 is 0. The monoisotopic (exact) mass is 307 g/mol. The number of likely N-dealkylation sites (N-methyl/N-ethyl adjacent to an activating group) is 1. The lowest BCUT2D eigenvalue weighted by atomic mass is 9.94. The smallest absolute Gasteiger partial charge is 0.325 e. The Balaban J connectivity index is 2.02. The highest BCUT2D eigenvalue weighted by Gasteiger charge is 2.36. The molecule has 7 nitrogen and oxygen atoms in total. The molecule has 0 bridgehead atoms. The molecular weight excluding hydrogens is 286 g/mol. The number of carbonyl (C=O) groups is 4. The SMILES string of the molecule is CCN1CCN(C(=O)NC(C=O)C2=CCCCC2)C(=O)C1=O. The van der Waals surface area contributed by atoms with Crippen molar-refractivity contribution in [3.05, 3.63) is 11.6 Å². The molecule has 2 rings (SSSR count). The minimum atomic E-state index is -0.840. The van der Waals surface area contributed by atoms with Gasteiger partial charge in [0.1, 0.15) is 12.3 Å². The topological polar surface area (TPSA) is 86.8 Å². The lowest BCUT2D eigenvalue weighted by molar-refractivity contribution is -0.153. The molecule has 1 fully saturated rings. The normalized spacial score (nSPS) is 20.5. The quantitative estimate of drug-likeness (QED) is 0.464. The number of rotatable bonds is 4. The molecule has 2 aliphatic rings. The molecule has 0 aromatic rings. The van der Waals surface area contributed by atoms with Gasteiger partial charge in [0.2, 0.25) is 0 Å². The van der Waals surface area contributed by atoms with Gasteiger partial charge in [0.25, 0.3) is 0 Å². The fourth-order valence-electron chi connectivity index (χ4n) is 2.74. The fourth-order valence-corrected chi connectivity index (χ4v) is 2.74. The van der Waals surface area contributed by atoms with E-state index in [9.17, 15) is 19.2 Å². The van der Waals surface area contributed by atoms with Crippen molar-refractivity contribution >= 4 is 24.1 Å². The lowest BCUT2D eigenvalue weighted by Gasteiger charge is -2.32. The third kappa shape index (κ3) is 3.35. The number of allylic oxidation sites excluding steroid dienone is 1. The van der Waals surface area contributed by atoms with E-state index >= 15 is 0 Å². The van der Waals surface area contributed by atoms with Crippen LogP contribution in [0, 0.1) is 0 Å². The van der Waals surface area contributed by atoms with Gasteiger partial charge in [-0.3, -0.25) is 14.5 Å². The van der Waals surface area contributed by atoms with Crippen LogP contribution in [0.3, 0.4) is 0 Å². The Morgan fingerprint density at radius 2 is 2.09 bits per heavy atom. The number of piperazine rings is 1. The van der Waals surface area contributed by atoms with Crippen LogP contribution in [0.1, 0.15) is 32.6 Å². The molecule has 22 heavy (non-hydrogen) atoms. The molecule has 4 amide bonds. The minimum Gasteiger partial charge on any atom is -0.333 e. The molecule has 1 atom stereocenters. The molecule has 1 saturated heterocycles. The second kappa shape index (κ2) is 7.20. The van der Waals surface area contributed by atoms with Crippen LogP contribution in [0.4, 0.5) is 4.79 Å². The zero-order chi connectivity index (χ0) is 16.1. The maximum Gasteiger partial charge on any atom is 0.325 e. The Labute approximate surface area is 129 Å². The molecule has 7 heteroatoms. The van der Waals surface area contributed by atoms with Crippen molar-refractivity contribution in [2.75, 3.05) is 19.6 Å². The highest BCUT2D eigenvalue weighted by molar-refractivity contribution is 6.38. The number of carbonyl (C=O) groups excluding carboxylic acids is 4. The molecule has 1 aliphatic heterocycles. The van der Waals surface area contributed by atoms with Crippen LogP contribution in [0.2, 0.25) is 0 Å². The van der Waals surface area contributed by atoms with Gasteiger partial charge in [-0.1, -0.05) is 6.08 Å². The molecule has 0 aromatic heterocycles. The third-order valence-corrected chi connectivity index (χ3v) is 4.08. The van der Waals surface area contributed by atoms with Crippen molar-refractivity contribution in [2.24, 2.45) is 0 Å². The zero-order valence-electron chi connectivity index (χ0n) is 12.7. The van der Waals surface area contributed by atoms with E-state index in [1.807, 2.05) is 6.08 Å². The number of nitrogens with zero attached hydrogens (tertiary/aromatic N) is 2. The third-order valence-electron chi connectivity index (χ3n) is 4.08. The number of urea groups is 1. The van der Waals surface area contributed by atoms with Crippen molar-refractivity contribution in [3.8, 4) is 0 Å². The van der Waals surface area contributed by atoms with Gasteiger partial charge in [-0.05, 0) is 38.2 Å². The summed E-state index contributed by atoms with van der Waals surface area (Å²) in [5, 5.41) is 2.55. The summed E-state index contributed by atoms with van der Waals surface area (Å²) >= 11 is 0. The zero-order valence-corrected chi connectivity index (χ0v) is 12.7. The molecule has 1 heterocycles. The Kier molecular flexibility index (Phi) is 5.30. The van der Waals surface area contributed by atoms with E-state index < -0.39 is 23.9 Å².